The van der Waals surface area contributed by atoms with Crippen molar-refractivity contribution in [3.63, 3.8) is 0 Å². The van der Waals surface area contributed by atoms with Crippen molar-refractivity contribution in [1.82, 2.24) is 5.32 Å². The van der Waals surface area contributed by atoms with Gasteiger partial charge in [0.2, 0.25) is 0 Å². The monoisotopic (exact) mass is 220 g/mol. The average Bonchev–Trinajstić information content (AvgIpc) is 2.65. The lowest BCUT2D eigenvalue weighted by Crippen LogP contribution is -2.31. The van der Waals surface area contributed by atoms with Crippen LogP contribution in [0.3, 0.4) is 0 Å². The Morgan fingerprint density at radius 3 is 2.88 bits per heavy atom. The van der Waals surface area contributed by atoms with Crippen molar-refractivity contribution in [2.45, 2.75) is 18.9 Å². The molecular weight excluding hydrogens is 200 g/mol. The largest absolute Gasteiger partial charge is 0.497 e. The molecule has 1 aromatic rings. The molecule has 16 heavy (non-hydrogen) atoms. The number of anilines is 1. The predicted octanol–water partition coefficient (Wildman–Crippen LogP) is 1.84. The van der Waals surface area contributed by atoms with Gasteiger partial charge in [0.1, 0.15) is 5.75 Å². The highest BCUT2D eigenvalue weighted by Crippen LogP contribution is 2.39. The number of nitrogens with one attached hydrogen (secondary N) is 1. The first-order valence-corrected chi connectivity index (χ1v) is 5.73. The van der Waals surface area contributed by atoms with Crippen LogP contribution in [0.4, 0.5) is 5.69 Å². The third-order valence-electron chi connectivity index (χ3n) is 3.57. The fraction of sp³-hybridized carbons (Fsp3) is 0.538. The van der Waals surface area contributed by atoms with E-state index in [0.29, 0.717) is 12.0 Å². The maximum atomic E-state index is 5.30. The Kier molecular flexibility index (Phi) is 3.06. The van der Waals surface area contributed by atoms with Gasteiger partial charge in [0, 0.05) is 31.2 Å². The van der Waals surface area contributed by atoms with E-state index < -0.39 is 0 Å². The zero-order valence-corrected chi connectivity index (χ0v) is 10.4. The van der Waals surface area contributed by atoms with E-state index in [2.05, 4.69) is 36.3 Å². The smallest absolute Gasteiger partial charge is 0.119 e. The molecule has 88 valence electrons. The molecule has 3 heteroatoms. The van der Waals surface area contributed by atoms with Crippen molar-refractivity contribution in [1.29, 1.82) is 0 Å². The third kappa shape index (κ3) is 1.76. The second-order valence-corrected chi connectivity index (χ2v) is 4.49. The number of methoxy groups -OCH3 is 1. The molecule has 1 N–H and O–H groups in total. The Labute approximate surface area is 97.4 Å². The Morgan fingerprint density at radius 2 is 2.25 bits per heavy atom. The summed E-state index contributed by atoms with van der Waals surface area (Å²) in [5.74, 6) is 1.49. The standard InChI is InChI=1S/C13H20N2O/c1-9(14-2)12-8-15(3)13-6-5-10(16-4)7-11(12)13/h5-7,9,12,14H,8H2,1-4H3. The summed E-state index contributed by atoms with van der Waals surface area (Å²) < 4.78 is 5.30. The molecule has 1 aromatic carbocycles. The molecule has 2 rings (SSSR count). The third-order valence-corrected chi connectivity index (χ3v) is 3.57. The number of ether oxygens (including phenoxy) is 1. The minimum absolute atomic E-state index is 0.482. The molecule has 0 saturated carbocycles. The van der Waals surface area contributed by atoms with Crippen LogP contribution in [0.2, 0.25) is 0 Å². The van der Waals surface area contributed by atoms with E-state index in [0.717, 1.165) is 12.3 Å². The highest BCUT2D eigenvalue weighted by atomic mass is 16.5. The second kappa shape index (κ2) is 4.34. The minimum Gasteiger partial charge on any atom is -0.497 e. The summed E-state index contributed by atoms with van der Waals surface area (Å²) in [5, 5.41) is 3.34. The van der Waals surface area contributed by atoms with E-state index in [1.54, 1.807) is 7.11 Å². The van der Waals surface area contributed by atoms with Crippen LogP contribution in [0.1, 0.15) is 18.4 Å². The summed E-state index contributed by atoms with van der Waals surface area (Å²) >= 11 is 0. The lowest BCUT2D eigenvalue weighted by molar-refractivity contribution is 0.413. The van der Waals surface area contributed by atoms with Crippen LogP contribution in [0.15, 0.2) is 18.2 Å². The SMILES string of the molecule is CNC(C)C1CN(C)c2ccc(OC)cc21. The Morgan fingerprint density at radius 1 is 1.50 bits per heavy atom. The van der Waals surface area contributed by atoms with Gasteiger partial charge in [-0.2, -0.15) is 0 Å². The van der Waals surface area contributed by atoms with Gasteiger partial charge in [-0.25, -0.2) is 0 Å². The van der Waals surface area contributed by atoms with Crippen LogP contribution in [0, 0.1) is 0 Å². The van der Waals surface area contributed by atoms with Crippen molar-refractivity contribution < 1.29 is 4.74 Å². The zero-order valence-electron chi connectivity index (χ0n) is 10.4. The summed E-state index contributed by atoms with van der Waals surface area (Å²) in [6.45, 7) is 3.30. The average molecular weight is 220 g/mol. The highest BCUT2D eigenvalue weighted by molar-refractivity contribution is 5.62. The van der Waals surface area contributed by atoms with E-state index in [1.165, 1.54) is 11.3 Å². The molecule has 1 heterocycles. The predicted molar refractivity (Wildman–Crippen MR) is 67.5 cm³/mol. The van der Waals surface area contributed by atoms with Gasteiger partial charge in [-0.1, -0.05) is 0 Å². The number of fused-ring (bicyclic) bond motifs is 1. The number of benzene rings is 1. The van der Waals surface area contributed by atoms with Crippen molar-refractivity contribution in [2.75, 3.05) is 32.6 Å². The summed E-state index contributed by atoms with van der Waals surface area (Å²) in [4.78, 5) is 2.31. The fourth-order valence-corrected chi connectivity index (χ4v) is 2.42. The molecule has 1 aliphatic heterocycles. The number of likely N-dealkylation sites (N-methyl/N-ethyl adjacent to an activating group) is 2. The maximum absolute atomic E-state index is 5.30. The minimum atomic E-state index is 0.482. The van der Waals surface area contributed by atoms with Gasteiger partial charge in [-0.3, -0.25) is 0 Å². The Bertz CT molecular complexity index is 378. The lowest BCUT2D eigenvalue weighted by Gasteiger charge is -2.19. The van der Waals surface area contributed by atoms with Gasteiger partial charge >= 0.3 is 0 Å². The summed E-state index contributed by atoms with van der Waals surface area (Å²) in [7, 11) is 5.88. The van der Waals surface area contributed by atoms with Crippen molar-refractivity contribution in [3.05, 3.63) is 23.8 Å². The van der Waals surface area contributed by atoms with Gasteiger partial charge in [0.25, 0.3) is 0 Å². The molecule has 0 aromatic heterocycles. The van der Waals surface area contributed by atoms with Gasteiger partial charge in [0.05, 0.1) is 7.11 Å². The van der Waals surface area contributed by atoms with E-state index in [1.807, 2.05) is 13.1 Å². The normalized spacial score (nSPS) is 20.8. The molecule has 0 amide bonds. The van der Waals surface area contributed by atoms with Crippen LogP contribution in [0.25, 0.3) is 0 Å². The molecule has 0 bridgehead atoms. The van der Waals surface area contributed by atoms with E-state index in [4.69, 9.17) is 4.74 Å². The molecule has 2 unspecified atom stereocenters. The molecule has 0 aliphatic carbocycles. The quantitative estimate of drug-likeness (QED) is 0.841. The Hall–Kier alpha value is -1.22. The first-order chi connectivity index (χ1) is 7.67. The van der Waals surface area contributed by atoms with Gasteiger partial charge < -0.3 is 15.0 Å². The molecule has 0 spiro atoms. The van der Waals surface area contributed by atoms with Crippen molar-refractivity contribution >= 4 is 5.69 Å². The van der Waals surface area contributed by atoms with Crippen molar-refractivity contribution in [3.8, 4) is 5.75 Å². The molecule has 0 fully saturated rings. The topological polar surface area (TPSA) is 24.5 Å². The van der Waals surface area contributed by atoms with Crippen molar-refractivity contribution in [2.24, 2.45) is 0 Å². The zero-order chi connectivity index (χ0) is 11.7. The molecule has 0 radical (unpaired) electrons. The van der Waals surface area contributed by atoms with Gasteiger partial charge in [-0.05, 0) is 37.7 Å². The molecule has 2 atom stereocenters. The molecule has 0 saturated heterocycles. The molecule has 1 aliphatic rings. The fourth-order valence-electron chi connectivity index (χ4n) is 2.42. The summed E-state index contributed by atoms with van der Waals surface area (Å²) in [6, 6.07) is 6.83. The van der Waals surface area contributed by atoms with E-state index >= 15 is 0 Å². The summed E-state index contributed by atoms with van der Waals surface area (Å²) in [6.07, 6.45) is 0. The maximum Gasteiger partial charge on any atom is 0.119 e. The van der Waals surface area contributed by atoms with Crippen LogP contribution in [-0.2, 0) is 0 Å². The van der Waals surface area contributed by atoms with Crippen LogP contribution >= 0.6 is 0 Å². The highest BCUT2D eigenvalue weighted by Gasteiger charge is 2.30. The summed E-state index contributed by atoms with van der Waals surface area (Å²) in [5.41, 5.74) is 2.72. The number of rotatable bonds is 3. The number of nitrogens with zero attached hydrogens (tertiary/aromatic N) is 1. The lowest BCUT2D eigenvalue weighted by atomic mass is 9.94. The Balaban J connectivity index is 2.38. The first kappa shape index (κ1) is 11.3. The number of hydrogen-bond acceptors (Lipinski definition) is 3. The van der Waals surface area contributed by atoms with Gasteiger partial charge in [0.15, 0.2) is 0 Å². The number of hydrogen-bond donors (Lipinski definition) is 1. The van der Waals surface area contributed by atoms with Gasteiger partial charge in [-0.15, -0.1) is 0 Å². The van der Waals surface area contributed by atoms with Crippen LogP contribution in [0.5, 0.6) is 5.75 Å². The van der Waals surface area contributed by atoms with Crippen LogP contribution < -0.4 is 15.0 Å². The van der Waals surface area contributed by atoms with E-state index in [9.17, 15) is 0 Å². The van der Waals surface area contributed by atoms with Crippen LogP contribution in [-0.4, -0.2) is 33.8 Å². The first-order valence-electron chi connectivity index (χ1n) is 5.73. The second-order valence-electron chi connectivity index (χ2n) is 4.49. The molecular formula is C13H20N2O. The molecule has 3 nitrogen and oxygen atoms in total. The van der Waals surface area contributed by atoms with E-state index in [-0.39, 0.29) is 0 Å².